The Balaban J connectivity index is 4.74. The predicted molar refractivity (Wildman–Crippen MR) is 62.5 cm³/mol. The van der Waals surface area contributed by atoms with Gasteiger partial charge in [0, 0.05) is 0 Å². The quantitative estimate of drug-likeness (QED) is 0.442. The molecular formula is C10H17NO4Si. The van der Waals surface area contributed by atoms with Gasteiger partial charge in [-0.25, -0.2) is 9.59 Å². The van der Waals surface area contributed by atoms with E-state index in [1.807, 2.05) is 19.6 Å². The van der Waals surface area contributed by atoms with E-state index in [1.165, 1.54) is 14.2 Å². The van der Waals surface area contributed by atoms with Crippen LogP contribution in [0.25, 0.3) is 0 Å². The number of nitrogens with one attached hydrogen (secondary N) is 1. The van der Waals surface area contributed by atoms with Crippen LogP contribution in [-0.2, 0) is 14.3 Å². The molecule has 0 aliphatic carbocycles. The van der Waals surface area contributed by atoms with Crippen molar-refractivity contribution in [1.29, 1.82) is 0 Å². The van der Waals surface area contributed by atoms with Crippen molar-refractivity contribution in [3.63, 3.8) is 0 Å². The Labute approximate surface area is 96.5 Å². The number of alkyl carbamates (subject to hydrolysis) is 1. The number of hydrogen-bond donors (Lipinski definition) is 1. The molecule has 1 N–H and O–H groups in total. The van der Waals surface area contributed by atoms with Crippen molar-refractivity contribution in [1.82, 2.24) is 5.32 Å². The average molecular weight is 243 g/mol. The Kier molecular flexibility index (Phi) is 5.60. The molecule has 0 heterocycles. The number of carbonyl (C=O) groups excluding carboxylic acids is 2. The average Bonchev–Trinajstić information content (AvgIpc) is 2.21. The molecular weight excluding hydrogens is 226 g/mol. The van der Waals surface area contributed by atoms with Gasteiger partial charge in [0.25, 0.3) is 0 Å². The van der Waals surface area contributed by atoms with Crippen LogP contribution in [-0.4, -0.2) is 40.4 Å². The lowest BCUT2D eigenvalue weighted by atomic mass is 10.3. The summed E-state index contributed by atoms with van der Waals surface area (Å²) >= 11 is 0. The fraction of sp³-hybridized carbons (Fsp3) is 0.600. The number of hydrogen-bond acceptors (Lipinski definition) is 4. The Morgan fingerprint density at radius 1 is 1.19 bits per heavy atom. The van der Waals surface area contributed by atoms with Gasteiger partial charge in [0.15, 0.2) is 6.04 Å². The smallest absolute Gasteiger partial charge is 0.408 e. The zero-order valence-corrected chi connectivity index (χ0v) is 11.2. The molecule has 0 aromatic rings. The minimum Gasteiger partial charge on any atom is -0.467 e. The molecule has 0 fully saturated rings. The van der Waals surface area contributed by atoms with E-state index in [-0.39, 0.29) is 0 Å². The van der Waals surface area contributed by atoms with Crippen LogP contribution < -0.4 is 5.32 Å². The van der Waals surface area contributed by atoms with Crippen molar-refractivity contribution in [3.8, 4) is 11.5 Å². The third-order valence-corrected chi connectivity index (χ3v) is 2.37. The van der Waals surface area contributed by atoms with Gasteiger partial charge in [-0.1, -0.05) is 25.6 Å². The first-order valence-corrected chi connectivity index (χ1v) is 8.25. The number of rotatable bonds is 2. The summed E-state index contributed by atoms with van der Waals surface area (Å²) in [5.41, 5.74) is 2.98. The lowest BCUT2D eigenvalue weighted by Crippen LogP contribution is -2.40. The van der Waals surface area contributed by atoms with Crippen LogP contribution in [0.3, 0.4) is 0 Å². The third-order valence-electron chi connectivity index (χ3n) is 1.48. The lowest BCUT2D eigenvalue weighted by Gasteiger charge is -2.11. The van der Waals surface area contributed by atoms with Gasteiger partial charge in [0.2, 0.25) is 0 Å². The highest BCUT2D eigenvalue weighted by molar-refractivity contribution is 6.83. The molecule has 0 aliphatic rings. The minimum absolute atomic E-state index is 0.601. The molecule has 0 aromatic carbocycles. The molecule has 90 valence electrons. The molecule has 5 nitrogen and oxygen atoms in total. The van der Waals surface area contributed by atoms with Gasteiger partial charge in [-0.2, -0.15) is 0 Å². The maximum absolute atomic E-state index is 11.3. The van der Waals surface area contributed by atoms with Crippen LogP contribution in [0.5, 0.6) is 0 Å². The van der Waals surface area contributed by atoms with Crippen LogP contribution >= 0.6 is 0 Å². The molecule has 16 heavy (non-hydrogen) atoms. The highest BCUT2D eigenvalue weighted by Gasteiger charge is 2.20. The maximum atomic E-state index is 11.3. The summed E-state index contributed by atoms with van der Waals surface area (Å²) in [4.78, 5) is 22.3. The first kappa shape index (κ1) is 14.5. The SMILES string of the molecule is COC(=O)N[C@H](C#C[Si](C)(C)C)C(=O)OC. The Morgan fingerprint density at radius 2 is 1.75 bits per heavy atom. The molecule has 0 radical (unpaired) electrons. The molecule has 0 aromatic heterocycles. The first-order chi connectivity index (χ1) is 7.30. The van der Waals surface area contributed by atoms with Gasteiger partial charge in [-0.15, -0.1) is 5.54 Å². The van der Waals surface area contributed by atoms with Crippen molar-refractivity contribution in [2.75, 3.05) is 14.2 Å². The molecule has 0 aliphatic heterocycles. The first-order valence-electron chi connectivity index (χ1n) is 4.75. The van der Waals surface area contributed by atoms with E-state index >= 15 is 0 Å². The van der Waals surface area contributed by atoms with Crippen LogP contribution in [0.15, 0.2) is 0 Å². The second kappa shape index (κ2) is 6.18. The summed E-state index contributed by atoms with van der Waals surface area (Å²) < 4.78 is 8.92. The molecule has 0 spiro atoms. The van der Waals surface area contributed by atoms with E-state index in [0.717, 1.165) is 0 Å². The van der Waals surface area contributed by atoms with Crippen LogP contribution in [0.1, 0.15) is 0 Å². The van der Waals surface area contributed by atoms with Crippen molar-refractivity contribution in [2.24, 2.45) is 0 Å². The van der Waals surface area contributed by atoms with Gasteiger partial charge in [0.1, 0.15) is 8.07 Å². The summed E-state index contributed by atoms with van der Waals surface area (Å²) in [6.07, 6.45) is -0.708. The van der Waals surface area contributed by atoms with Crippen LogP contribution in [0, 0.1) is 11.5 Å². The standard InChI is InChI=1S/C10H17NO4Si/c1-14-9(12)8(11-10(13)15-2)6-7-16(3,4)5/h8H,1-5H3,(H,11,13)/t8-/m1/s1. The number of amides is 1. The van der Waals surface area contributed by atoms with Crippen molar-refractivity contribution < 1.29 is 19.1 Å². The van der Waals surface area contributed by atoms with Crippen molar-refractivity contribution in [2.45, 2.75) is 25.7 Å². The largest absolute Gasteiger partial charge is 0.467 e. The number of esters is 1. The van der Waals surface area contributed by atoms with Gasteiger partial charge >= 0.3 is 12.1 Å². The highest BCUT2D eigenvalue weighted by atomic mass is 28.3. The summed E-state index contributed by atoms with van der Waals surface area (Å²) in [5, 5.41) is 2.30. The molecule has 0 saturated carbocycles. The normalized spacial score (nSPS) is 11.8. The van der Waals surface area contributed by atoms with Crippen molar-refractivity contribution >= 4 is 20.1 Å². The number of carbonyl (C=O) groups is 2. The topological polar surface area (TPSA) is 64.6 Å². The highest BCUT2D eigenvalue weighted by Crippen LogP contribution is 1.97. The van der Waals surface area contributed by atoms with Gasteiger partial charge < -0.3 is 9.47 Å². The molecule has 0 unspecified atom stereocenters. The number of methoxy groups -OCH3 is 2. The van der Waals surface area contributed by atoms with E-state index < -0.39 is 26.2 Å². The molecule has 0 saturated heterocycles. The van der Waals surface area contributed by atoms with E-state index in [1.54, 1.807) is 0 Å². The van der Waals surface area contributed by atoms with Crippen molar-refractivity contribution in [3.05, 3.63) is 0 Å². The third kappa shape index (κ3) is 6.09. The molecule has 0 rings (SSSR count). The van der Waals surface area contributed by atoms with E-state index in [2.05, 4.69) is 26.3 Å². The number of ether oxygens (including phenoxy) is 2. The monoisotopic (exact) mass is 243 g/mol. The van der Waals surface area contributed by atoms with E-state index in [9.17, 15) is 9.59 Å². The van der Waals surface area contributed by atoms with Gasteiger partial charge in [-0.3, -0.25) is 5.32 Å². The minimum atomic E-state index is -1.60. The Morgan fingerprint density at radius 3 is 2.12 bits per heavy atom. The molecule has 1 atom stereocenters. The summed E-state index contributed by atoms with van der Waals surface area (Å²) in [6.45, 7) is 6.10. The van der Waals surface area contributed by atoms with Crippen LogP contribution in [0.4, 0.5) is 4.79 Å². The molecule has 0 bridgehead atoms. The van der Waals surface area contributed by atoms with E-state index in [0.29, 0.717) is 0 Å². The van der Waals surface area contributed by atoms with Gasteiger partial charge in [-0.05, 0) is 0 Å². The van der Waals surface area contributed by atoms with E-state index in [4.69, 9.17) is 0 Å². The lowest BCUT2D eigenvalue weighted by molar-refractivity contribution is -0.141. The zero-order valence-electron chi connectivity index (χ0n) is 10.2. The molecule has 1 amide bonds. The zero-order chi connectivity index (χ0) is 12.8. The second-order valence-corrected chi connectivity index (χ2v) is 8.86. The fourth-order valence-electron chi connectivity index (χ4n) is 0.737. The van der Waals surface area contributed by atoms with Gasteiger partial charge in [0.05, 0.1) is 14.2 Å². The predicted octanol–water partition coefficient (Wildman–Crippen LogP) is 0.765. The Hall–Kier alpha value is -1.48. The second-order valence-electron chi connectivity index (χ2n) is 4.11. The summed E-state index contributed by atoms with van der Waals surface area (Å²) in [6, 6.07) is -0.968. The molecule has 6 heteroatoms. The summed E-state index contributed by atoms with van der Waals surface area (Å²) in [7, 11) is 0.858. The van der Waals surface area contributed by atoms with Crippen LogP contribution in [0.2, 0.25) is 19.6 Å². The fourth-order valence-corrected chi connectivity index (χ4v) is 1.31. The Bertz CT molecular complexity index is 324. The summed E-state index contributed by atoms with van der Waals surface area (Å²) in [5.74, 6) is 2.10. The maximum Gasteiger partial charge on any atom is 0.408 e.